The minimum Gasteiger partial charge on any atom is -0.340 e. The van der Waals surface area contributed by atoms with Crippen LogP contribution in [0.15, 0.2) is 30.1 Å². The van der Waals surface area contributed by atoms with Gasteiger partial charge < -0.3 is 5.32 Å². The molecule has 0 amide bonds. The van der Waals surface area contributed by atoms with Crippen molar-refractivity contribution in [2.24, 2.45) is 7.05 Å². The van der Waals surface area contributed by atoms with Crippen molar-refractivity contribution in [2.45, 2.75) is 26.7 Å². The number of aryl methyl sites for hydroxylation is 2. The summed E-state index contributed by atoms with van der Waals surface area (Å²) in [5, 5.41) is 18.1. The van der Waals surface area contributed by atoms with Gasteiger partial charge in [-0.1, -0.05) is 37.0 Å². The Kier molecular flexibility index (Phi) is 6.11. The Morgan fingerprint density at radius 2 is 1.90 bits per heavy atom. The number of anilines is 2. The van der Waals surface area contributed by atoms with Crippen LogP contribution in [-0.2, 0) is 7.05 Å². The van der Waals surface area contributed by atoms with E-state index in [2.05, 4.69) is 45.1 Å². The number of hydrogen-bond donors (Lipinski definition) is 3. The van der Waals surface area contributed by atoms with E-state index in [0.29, 0.717) is 17.3 Å². The first-order valence-corrected chi connectivity index (χ1v) is 9.60. The minimum absolute atomic E-state index is 0.240. The van der Waals surface area contributed by atoms with Crippen molar-refractivity contribution >= 4 is 45.7 Å². The van der Waals surface area contributed by atoms with E-state index in [0.717, 1.165) is 22.3 Å². The normalized spacial score (nSPS) is 11.6. The molecule has 3 rings (SSSR count). The summed E-state index contributed by atoms with van der Waals surface area (Å²) in [6.45, 7) is 6.22. The van der Waals surface area contributed by atoms with Crippen LogP contribution in [0.1, 0.15) is 31.0 Å². The van der Waals surface area contributed by atoms with Gasteiger partial charge in [-0.05, 0) is 36.6 Å². The second kappa shape index (κ2) is 8.55. The molecule has 0 aliphatic carbocycles. The molecular formula is C19H20Cl2N8. The highest BCUT2D eigenvalue weighted by Gasteiger charge is 2.15. The first-order valence-electron chi connectivity index (χ1n) is 8.84. The van der Waals surface area contributed by atoms with Crippen LogP contribution in [-0.4, -0.2) is 19.7 Å². The molecule has 0 bridgehead atoms. The number of rotatable bonds is 6. The summed E-state index contributed by atoms with van der Waals surface area (Å²) in [5.41, 5.74) is 9.44. The van der Waals surface area contributed by atoms with Gasteiger partial charge in [-0.3, -0.25) is 15.5 Å². The molecule has 0 aliphatic heterocycles. The predicted molar refractivity (Wildman–Crippen MR) is 116 cm³/mol. The molecule has 0 aliphatic rings. The minimum atomic E-state index is 0.240. The lowest BCUT2D eigenvalue weighted by atomic mass is 10.00. The summed E-state index contributed by atoms with van der Waals surface area (Å²) in [6.07, 6.45) is 1.31. The number of nitrogens with one attached hydrogen (secondary N) is 3. The molecule has 0 fully saturated rings. The molecule has 29 heavy (non-hydrogen) atoms. The number of hydrazine groups is 1. The van der Waals surface area contributed by atoms with Crippen molar-refractivity contribution in [3.8, 4) is 6.07 Å². The Morgan fingerprint density at radius 3 is 2.52 bits per heavy atom. The standard InChI is InChI=1S/C19H20Cl2N8/c1-10(2)13-9-17(25-19-18(13)11(3)28-29(19)4)27-26-16(5-6-22)23-12-7-14(20)24-15(21)8-12/h5,7-10,26H,1-4H3,(H,23,24)(H,25,27)/b16-5+. The molecular weight excluding hydrogens is 411 g/mol. The van der Waals surface area contributed by atoms with Gasteiger partial charge in [-0.25, -0.2) is 9.97 Å². The summed E-state index contributed by atoms with van der Waals surface area (Å²) < 4.78 is 1.76. The van der Waals surface area contributed by atoms with Crippen molar-refractivity contribution in [2.75, 3.05) is 10.7 Å². The van der Waals surface area contributed by atoms with E-state index in [1.165, 1.54) is 6.08 Å². The van der Waals surface area contributed by atoms with Crippen molar-refractivity contribution in [1.82, 2.24) is 25.2 Å². The second-order valence-electron chi connectivity index (χ2n) is 6.72. The van der Waals surface area contributed by atoms with Crippen LogP contribution in [0.4, 0.5) is 11.5 Å². The molecule has 8 nitrogen and oxygen atoms in total. The molecule has 0 saturated carbocycles. The summed E-state index contributed by atoms with van der Waals surface area (Å²) in [7, 11) is 1.86. The van der Waals surface area contributed by atoms with E-state index in [9.17, 15) is 0 Å². The quantitative estimate of drug-likeness (QED) is 0.300. The fourth-order valence-electron chi connectivity index (χ4n) is 2.99. The maximum absolute atomic E-state index is 9.09. The number of nitrogens with zero attached hydrogens (tertiary/aromatic N) is 5. The van der Waals surface area contributed by atoms with E-state index >= 15 is 0 Å². The summed E-state index contributed by atoms with van der Waals surface area (Å²) >= 11 is 11.9. The fraction of sp³-hybridized carbons (Fsp3) is 0.263. The Labute approximate surface area is 178 Å². The maximum atomic E-state index is 9.09. The average molecular weight is 431 g/mol. The van der Waals surface area contributed by atoms with Gasteiger partial charge in [0.15, 0.2) is 5.65 Å². The Hall–Kier alpha value is -3.02. The summed E-state index contributed by atoms with van der Waals surface area (Å²) in [4.78, 5) is 8.54. The number of pyridine rings is 2. The van der Waals surface area contributed by atoms with Crippen LogP contribution >= 0.6 is 23.2 Å². The molecule has 0 unspecified atom stereocenters. The predicted octanol–water partition coefficient (Wildman–Crippen LogP) is 4.50. The third-order valence-corrected chi connectivity index (χ3v) is 4.58. The van der Waals surface area contributed by atoms with E-state index in [4.69, 9.17) is 28.5 Å². The topological polar surface area (TPSA) is 103 Å². The third kappa shape index (κ3) is 4.70. The molecule has 3 heterocycles. The van der Waals surface area contributed by atoms with Gasteiger partial charge in [0, 0.05) is 18.1 Å². The Bertz CT molecular complexity index is 1110. The highest BCUT2D eigenvalue weighted by Crippen LogP contribution is 2.29. The number of halogens is 2. The highest BCUT2D eigenvalue weighted by molar-refractivity contribution is 6.32. The number of nitriles is 1. The highest BCUT2D eigenvalue weighted by atomic mass is 35.5. The lowest BCUT2D eigenvalue weighted by Gasteiger charge is -2.16. The molecule has 0 atom stereocenters. The third-order valence-electron chi connectivity index (χ3n) is 4.20. The zero-order chi connectivity index (χ0) is 21.1. The summed E-state index contributed by atoms with van der Waals surface area (Å²) in [6, 6.07) is 7.15. The average Bonchev–Trinajstić information content (AvgIpc) is 2.92. The zero-order valence-electron chi connectivity index (χ0n) is 16.4. The van der Waals surface area contributed by atoms with Crippen LogP contribution in [0.5, 0.6) is 0 Å². The number of fused-ring (bicyclic) bond motifs is 1. The lowest BCUT2D eigenvalue weighted by molar-refractivity contribution is 0.773. The maximum Gasteiger partial charge on any atom is 0.160 e. The van der Waals surface area contributed by atoms with Gasteiger partial charge in [-0.15, -0.1) is 0 Å². The van der Waals surface area contributed by atoms with Gasteiger partial charge in [0.05, 0.1) is 17.8 Å². The molecule has 0 saturated heterocycles. The molecule has 3 aromatic rings. The SMILES string of the molecule is Cc1nn(C)c2nc(NN/C(=C/C#N)Nc3cc(Cl)nc(Cl)c3)cc(C(C)C)c12. The first kappa shape index (κ1) is 20.7. The van der Waals surface area contributed by atoms with Crippen molar-refractivity contribution in [3.63, 3.8) is 0 Å². The first-order chi connectivity index (χ1) is 13.8. The lowest BCUT2D eigenvalue weighted by Crippen LogP contribution is -2.26. The Balaban J connectivity index is 1.86. The van der Waals surface area contributed by atoms with Gasteiger partial charge in [-0.2, -0.15) is 10.4 Å². The number of hydrogen-bond acceptors (Lipinski definition) is 7. The fourth-order valence-corrected chi connectivity index (χ4v) is 3.45. The van der Waals surface area contributed by atoms with E-state index in [1.807, 2.05) is 26.1 Å². The Morgan fingerprint density at radius 1 is 1.21 bits per heavy atom. The van der Waals surface area contributed by atoms with Crippen molar-refractivity contribution in [1.29, 1.82) is 5.26 Å². The molecule has 0 radical (unpaired) electrons. The van der Waals surface area contributed by atoms with E-state index < -0.39 is 0 Å². The van der Waals surface area contributed by atoms with Gasteiger partial charge in [0.25, 0.3) is 0 Å². The number of allylic oxidation sites excluding steroid dienone is 1. The molecule has 0 aromatic carbocycles. The van der Waals surface area contributed by atoms with Crippen LogP contribution in [0.25, 0.3) is 11.0 Å². The summed E-state index contributed by atoms with van der Waals surface area (Å²) in [5.74, 6) is 1.28. The molecule has 3 aromatic heterocycles. The molecule has 3 N–H and O–H groups in total. The largest absolute Gasteiger partial charge is 0.340 e. The van der Waals surface area contributed by atoms with Crippen LogP contribution in [0.2, 0.25) is 10.3 Å². The van der Waals surface area contributed by atoms with Crippen molar-refractivity contribution in [3.05, 3.63) is 51.7 Å². The van der Waals surface area contributed by atoms with E-state index in [1.54, 1.807) is 16.8 Å². The van der Waals surface area contributed by atoms with Gasteiger partial charge in [0.1, 0.15) is 21.9 Å². The second-order valence-corrected chi connectivity index (χ2v) is 7.50. The van der Waals surface area contributed by atoms with Gasteiger partial charge in [0.2, 0.25) is 0 Å². The molecule has 0 spiro atoms. The van der Waals surface area contributed by atoms with Crippen LogP contribution in [0.3, 0.4) is 0 Å². The smallest absolute Gasteiger partial charge is 0.160 e. The van der Waals surface area contributed by atoms with E-state index in [-0.39, 0.29) is 16.2 Å². The molecule has 10 heteroatoms. The number of aromatic nitrogens is 4. The van der Waals surface area contributed by atoms with Gasteiger partial charge >= 0.3 is 0 Å². The molecule has 150 valence electrons. The van der Waals surface area contributed by atoms with Crippen molar-refractivity contribution < 1.29 is 0 Å². The monoisotopic (exact) mass is 430 g/mol. The van der Waals surface area contributed by atoms with Crippen LogP contribution < -0.4 is 16.2 Å². The van der Waals surface area contributed by atoms with Crippen LogP contribution in [0, 0.1) is 18.3 Å². The zero-order valence-corrected chi connectivity index (χ0v) is 17.9.